The van der Waals surface area contributed by atoms with E-state index in [-0.39, 0.29) is 6.54 Å². The molecule has 0 saturated carbocycles. The maximum absolute atomic E-state index is 14.1. The van der Waals surface area contributed by atoms with E-state index >= 15 is 0 Å². The topological polar surface area (TPSA) is 68.7 Å². The first-order chi connectivity index (χ1) is 18.3. The van der Waals surface area contributed by atoms with Crippen molar-refractivity contribution in [3.05, 3.63) is 119 Å². The van der Waals surface area contributed by atoms with E-state index in [1.165, 1.54) is 4.31 Å². The van der Waals surface area contributed by atoms with Gasteiger partial charge in [-0.3, -0.25) is 4.98 Å². The maximum atomic E-state index is 14.1. The summed E-state index contributed by atoms with van der Waals surface area (Å²) in [6.07, 6.45) is 2.22. The van der Waals surface area contributed by atoms with Crippen LogP contribution in [0.15, 0.2) is 90.0 Å². The number of rotatable bonds is 11. The minimum atomic E-state index is -3.80. The number of benzene rings is 3. The fraction of sp³-hybridized carbons (Fsp3) is 0.258. The second-order valence-electron chi connectivity index (χ2n) is 9.40. The van der Waals surface area contributed by atoms with Crippen LogP contribution in [0.4, 0.5) is 0 Å². The Labute approximate surface area is 225 Å². The van der Waals surface area contributed by atoms with Gasteiger partial charge in [0.25, 0.3) is 0 Å². The summed E-state index contributed by atoms with van der Waals surface area (Å²) in [5.74, 6) is 1.16. The van der Waals surface area contributed by atoms with Crippen molar-refractivity contribution in [1.29, 1.82) is 0 Å². The molecule has 0 fully saturated rings. The monoisotopic (exact) mass is 530 g/mol. The molecule has 0 aliphatic rings. The first-order valence-electron chi connectivity index (χ1n) is 12.6. The van der Waals surface area contributed by atoms with Gasteiger partial charge in [-0.25, -0.2) is 8.42 Å². The van der Waals surface area contributed by atoms with E-state index < -0.39 is 10.0 Å². The van der Waals surface area contributed by atoms with Crippen molar-refractivity contribution in [2.75, 3.05) is 13.7 Å². The Morgan fingerprint density at radius 1 is 0.816 bits per heavy atom. The summed E-state index contributed by atoms with van der Waals surface area (Å²) in [7, 11) is -2.20. The van der Waals surface area contributed by atoms with Crippen LogP contribution in [0, 0.1) is 20.8 Å². The van der Waals surface area contributed by atoms with Gasteiger partial charge in [-0.15, -0.1) is 0 Å². The zero-order valence-electron chi connectivity index (χ0n) is 22.3. The number of hydrogen-bond donors (Lipinski definition) is 0. The van der Waals surface area contributed by atoms with Gasteiger partial charge in [0.2, 0.25) is 10.0 Å². The van der Waals surface area contributed by atoms with Gasteiger partial charge in [-0.05, 0) is 67.3 Å². The summed E-state index contributed by atoms with van der Waals surface area (Å²) in [5, 5.41) is 0. The van der Waals surface area contributed by atoms with E-state index in [4.69, 9.17) is 9.47 Å². The van der Waals surface area contributed by atoms with E-state index in [0.29, 0.717) is 36.0 Å². The Bertz CT molecular complexity index is 1450. The van der Waals surface area contributed by atoms with Gasteiger partial charge in [0.05, 0.1) is 12.0 Å². The molecule has 4 rings (SSSR count). The van der Waals surface area contributed by atoms with Crippen molar-refractivity contribution >= 4 is 10.0 Å². The predicted octanol–water partition coefficient (Wildman–Crippen LogP) is 6.03. The second-order valence-corrected chi connectivity index (χ2v) is 11.3. The summed E-state index contributed by atoms with van der Waals surface area (Å²) in [6.45, 7) is 6.54. The minimum Gasteiger partial charge on any atom is -0.493 e. The van der Waals surface area contributed by atoms with Crippen LogP contribution in [-0.2, 0) is 29.6 Å². The molecule has 0 unspecified atom stereocenters. The Hall–Kier alpha value is -3.68. The molecule has 1 heterocycles. The van der Waals surface area contributed by atoms with Gasteiger partial charge in [-0.2, -0.15) is 4.31 Å². The number of ether oxygens (including phenoxy) is 2. The third-order valence-corrected chi connectivity index (χ3v) is 8.52. The lowest BCUT2D eigenvalue weighted by Gasteiger charge is -2.25. The van der Waals surface area contributed by atoms with Gasteiger partial charge < -0.3 is 9.47 Å². The maximum Gasteiger partial charge on any atom is 0.243 e. The van der Waals surface area contributed by atoms with Gasteiger partial charge in [-0.1, -0.05) is 60.2 Å². The lowest BCUT2D eigenvalue weighted by atomic mass is 10.1. The van der Waals surface area contributed by atoms with E-state index in [1.807, 2.05) is 99.6 Å². The molecule has 0 aliphatic heterocycles. The first-order valence-corrected chi connectivity index (χ1v) is 14.0. The van der Waals surface area contributed by atoms with Crippen LogP contribution in [0.5, 0.6) is 11.5 Å². The number of hydrogen-bond acceptors (Lipinski definition) is 5. The van der Waals surface area contributed by atoms with E-state index in [0.717, 1.165) is 33.5 Å². The average Bonchev–Trinajstić information content (AvgIpc) is 2.90. The third kappa shape index (κ3) is 6.60. The second kappa shape index (κ2) is 12.2. The van der Waals surface area contributed by atoms with Crippen LogP contribution in [0.2, 0.25) is 0 Å². The fourth-order valence-electron chi connectivity index (χ4n) is 4.64. The van der Waals surface area contributed by atoms with Crippen LogP contribution in [0.25, 0.3) is 0 Å². The molecule has 0 atom stereocenters. The van der Waals surface area contributed by atoms with Crippen molar-refractivity contribution in [2.24, 2.45) is 0 Å². The summed E-state index contributed by atoms with van der Waals surface area (Å²) in [4.78, 5) is 4.75. The van der Waals surface area contributed by atoms with Crippen molar-refractivity contribution in [2.45, 2.75) is 45.2 Å². The molecule has 0 radical (unpaired) electrons. The fourth-order valence-corrected chi connectivity index (χ4v) is 6.48. The van der Waals surface area contributed by atoms with Crippen molar-refractivity contribution in [3.63, 3.8) is 0 Å². The SMILES string of the molecule is COc1ccc(CN(CCc2ccccn2)S(=O)(=O)c2c(C)cc(C)cc2C)cc1OCc1ccccc1. The zero-order chi connectivity index (χ0) is 27.1. The minimum absolute atomic E-state index is 0.188. The summed E-state index contributed by atoms with van der Waals surface area (Å²) in [6, 6.07) is 25.0. The van der Waals surface area contributed by atoms with Crippen LogP contribution in [0.1, 0.15) is 33.5 Å². The predicted molar refractivity (Wildman–Crippen MR) is 150 cm³/mol. The van der Waals surface area contributed by atoms with Crippen LogP contribution < -0.4 is 9.47 Å². The first kappa shape index (κ1) is 27.4. The molecule has 0 saturated heterocycles. The highest BCUT2D eigenvalue weighted by molar-refractivity contribution is 7.89. The molecular formula is C31H34N2O4S. The van der Waals surface area contributed by atoms with E-state index in [1.54, 1.807) is 13.3 Å². The molecule has 4 aromatic rings. The molecule has 7 heteroatoms. The van der Waals surface area contributed by atoms with Gasteiger partial charge in [0.15, 0.2) is 11.5 Å². The Kier molecular flexibility index (Phi) is 8.81. The molecular weight excluding hydrogens is 496 g/mol. The molecule has 6 nitrogen and oxygen atoms in total. The largest absolute Gasteiger partial charge is 0.493 e. The normalized spacial score (nSPS) is 11.5. The number of sulfonamides is 1. The smallest absolute Gasteiger partial charge is 0.243 e. The lowest BCUT2D eigenvalue weighted by molar-refractivity contribution is 0.283. The Morgan fingerprint density at radius 2 is 1.53 bits per heavy atom. The molecule has 198 valence electrons. The van der Waals surface area contributed by atoms with Crippen molar-refractivity contribution in [3.8, 4) is 11.5 Å². The highest BCUT2D eigenvalue weighted by Gasteiger charge is 2.28. The molecule has 1 aromatic heterocycles. The van der Waals surface area contributed by atoms with E-state index in [9.17, 15) is 8.42 Å². The van der Waals surface area contributed by atoms with Crippen LogP contribution in [0.3, 0.4) is 0 Å². The summed E-state index contributed by atoms with van der Waals surface area (Å²) >= 11 is 0. The Morgan fingerprint density at radius 3 is 2.18 bits per heavy atom. The van der Waals surface area contributed by atoms with Gasteiger partial charge in [0.1, 0.15) is 6.61 Å². The van der Waals surface area contributed by atoms with Gasteiger partial charge >= 0.3 is 0 Å². The highest BCUT2D eigenvalue weighted by Crippen LogP contribution is 2.31. The summed E-state index contributed by atoms with van der Waals surface area (Å²) < 4.78 is 41.3. The van der Waals surface area contributed by atoms with Crippen LogP contribution in [-0.4, -0.2) is 31.4 Å². The van der Waals surface area contributed by atoms with Crippen molar-refractivity contribution in [1.82, 2.24) is 9.29 Å². The molecule has 0 aliphatic carbocycles. The number of aromatic nitrogens is 1. The number of pyridine rings is 1. The molecule has 3 aromatic carbocycles. The molecule has 0 N–H and O–H groups in total. The molecule has 38 heavy (non-hydrogen) atoms. The third-order valence-electron chi connectivity index (χ3n) is 6.37. The van der Waals surface area contributed by atoms with Crippen molar-refractivity contribution < 1.29 is 17.9 Å². The number of nitrogens with zero attached hydrogens (tertiary/aromatic N) is 2. The number of aryl methyl sites for hydroxylation is 3. The quantitative estimate of drug-likeness (QED) is 0.237. The standard InChI is InChI=1S/C31H34N2O4S/c1-23-18-24(2)31(25(3)19-23)38(34,35)33(17-15-28-12-8-9-16-32-28)21-27-13-14-29(36-4)30(20-27)37-22-26-10-6-5-7-11-26/h5-14,16,18-20H,15,17,21-22H2,1-4H3. The van der Waals surface area contributed by atoms with Gasteiger partial charge in [0, 0.05) is 31.4 Å². The summed E-state index contributed by atoms with van der Waals surface area (Å²) in [5.41, 5.74) is 5.20. The molecule has 0 amide bonds. The molecule has 0 bridgehead atoms. The lowest BCUT2D eigenvalue weighted by Crippen LogP contribution is -2.33. The van der Waals surface area contributed by atoms with Crippen LogP contribution >= 0.6 is 0 Å². The average molecular weight is 531 g/mol. The molecule has 0 spiro atoms. The van der Waals surface area contributed by atoms with E-state index in [2.05, 4.69) is 4.98 Å². The number of methoxy groups -OCH3 is 1. The Balaban J connectivity index is 1.66. The highest BCUT2D eigenvalue weighted by atomic mass is 32.2. The zero-order valence-corrected chi connectivity index (χ0v) is 23.2.